The first-order chi connectivity index (χ1) is 8.16. The highest BCUT2D eigenvalue weighted by atomic mass is 35.5. The third-order valence-corrected chi connectivity index (χ3v) is 2.80. The summed E-state index contributed by atoms with van der Waals surface area (Å²) in [5, 5.41) is 10.1. The number of ether oxygens (including phenoxy) is 1. The highest BCUT2D eigenvalue weighted by Gasteiger charge is 2.23. The van der Waals surface area contributed by atoms with E-state index in [0.717, 1.165) is 12.1 Å². The Hall–Kier alpha value is -1.11. The largest absolute Gasteiger partial charge is 0.366 e. The highest BCUT2D eigenvalue weighted by Crippen LogP contribution is 2.11. The van der Waals surface area contributed by atoms with E-state index in [1.165, 1.54) is 0 Å². The number of carbonyl (C=O) groups excluding carboxylic acids is 1. The zero-order valence-electron chi connectivity index (χ0n) is 10.5. The van der Waals surface area contributed by atoms with Gasteiger partial charge in [-0.25, -0.2) is 0 Å². The van der Waals surface area contributed by atoms with Crippen molar-refractivity contribution < 1.29 is 9.53 Å². The van der Waals surface area contributed by atoms with Gasteiger partial charge < -0.3 is 15.4 Å². The van der Waals surface area contributed by atoms with Gasteiger partial charge in [-0.05, 0) is 6.92 Å². The Labute approximate surface area is 112 Å². The fourth-order valence-electron chi connectivity index (χ4n) is 1.79. The van der Waals surface area contributed by atoms with E-state index in [4.69, 9.17) is 4.74 Å². The van der Waals surface area contributed by atoms with E-state index in [1.807, 2.05) is 20.2 Å². The van der Waals surface area contributed by atoms with Crippen molar-refractivity contribution in [3.05, 3.63) is 18.0 Å². The number of morpholine rings is 1. The molecule has 2 heterocycles. The van der Waals surface area contributed by atoms with E-state index in [2.05, 4.69) is 15.7 Å². The standard InChI is InChI=1S/C11H18N4O2.ClH/c1-8(9-5-13-15(2)7-9)14-11(16)10-6-12-3-4-17-10;/h5,7-8,10,12H,3-4,6H2,1-2H3,(H,14,16);1H. The second kappa shape index (κ2) is 6.72. The number of aryl methyl sites for hydroxylation is 1. The van der Waals surface area contributed by atoms with Crippen LogP contribution in [0.3, 0.4) is 0 Å². The van der Waals surface area contributed by atoms with Crippen LogP contribution in [0.1, 0.15) is 18.5 Å². The third kappa shape index (κ3) is 3.69. The van der Waals surface area contributed by atoms with Crippen LogP contribution in [0.15, 0.2) is 12.4 Å². The predicted octanol–water partition coefficient (Wildman–Crippen LogP) is 0.00750. The molecule has 0 saturated carbocycles. The zero-order chi connectivity index (χ0) is 12.3. The molecular weight excluding hydrogens is 256 g/mol. The van der Waals surface area contributed by atoms with Gasteiger partial charge in [0, 0.05) is 31.9 Å². The summed E-state index contributed by atoms with van der Waals surface area (Å²) in [5.41, 5.74) is 0.990. The van der Waals surface area contributed by atoms with Gasteiger partial charge in [0.2, 0.25) is 0 Å². The molecule has 2 unspecified atom stereocenters. The van der Waals surface area contributed by atoms with Gasteiger partial charge >= 0.3 is 0 Å². The summed E-state index contributed by atoms with van der Waals surface area (Å²) in [6.45, 7) is 3.90. The first-order valence-electron chi connectivity index (χ1n) is 5.78. The summed E-state index contributed by atoms with van der Waals surface area (Å²) in [7, 11) is 1.85. The number of nitrogens with one attached hydrogen (secondary N) is 2. The van der Waals surface area contributed by atoms with Crippen molar-refractivity contribution in [2.45, 2.75) is 19.1 Å². The van der Waals surface area contributed by atoms with Crippen molar-refractivity contribution in [1.29, 1.82) is 0 Å². The summed E-state index contributed by atoms with van der Waals surface area (Å²) in [6.07, 6.45) is 3.26. The van der Waals surface area contributed by atoms with Crippen molar-refractivity contribution in [3.63, 3.8) is 0 Å². The van der Waals surface area contributed by atoms with Crippen molar-refractivity contribution in [2.24, 2.45) is 7.05 Å². The Morgan fingerprint density at radius 1 is 1.72 bits per heavy atom. The molecule has 1 aliphatic heterocycles. The first-order valence-corrected chi connectivity index (χ1v) is 5.78. The zero-order valence-corrected chi connectivity index (χ0v) is 11.4. The number of hydrogen-bond acceptors (Lipinski definition) is 4. The molecule has 2 atom stereocenters. The fraction of sp³-hybridized carbons (Fsp3) is 0.636. The SMILES string of the molecule is CC(NC(=O)C1CNCCO1)c1cnn(C)c1.Cl. The van der Waals surface area contributed by atoms with Crippen LogP contribution in [0.4, 0.5) is 0 Å². The number of amides is 1. The van der Waals surface area contributed by atoms with Crippen LogP contribution in [0.2, 0.25) is 0 Å². The smallest absolute Gasteiger partial charge is 0.250 e. The summed E-state index contributed by atoms with van der Waals surface area (Å²) >= 11 is 0. The lowest BCUT2D eigenvalue weighted by atomic mass is 10.2. The third-order valence-electron chi connectivity index (χ3n) is 2.80. The number of carbonyl (C=O) groups is 1. The Balaban J connectivity index is 0.00000162. The van der Waals surface area contributed by atoms with Crippen molar-refractivity contribution in [2.75, 3.05) is 19.7 Å². The van der Waals surface area contributed by atoms with E-state index in [-0.39, 0.29) is 30.5 Å². The molecule has 0 spiro atoms. The molecule has 2 N–H and O–H groups in total. The average molecular weight is 275 g/mol. The van der Waals surface area contributed by atoms with Crippen molar-refractivity contribution in [1.82, 2.24) is 20.4 Å². The maximum Gasteiger partial charge on any atom is 0.250 e. The second-order valence-electron chi connectivity index (χ2n) is 4.24. The van der Waals surface area contributed by atoms with Gasteiger partial charge in [0.25, 0.3) is 5.91 Å². The van der Waals surface area contributed by atoms with Gasteiger partial charge in [-0.2, -0.15) is 5.10 Å². The fourth-order valence-corrected chi connectivity index (χ4v) is 1.79. The van der Waals surface area contributed by atoms with Crippen LogP contribution < -0.4 is 10.6 Å². The van der Waals surface area contributed by atoms with Gasteiger partial charge in [0.1, 0.15) is 6.10 Å². The van der Waals surface area contributed by atoms with Gasteiger partial charge in [0.05, 0.1) is 18.8 Å². The molecule has 2 rings (SSSR count). The van der Waals surface area contributed by atoms with E-state index >= 15 is 0 Å². The normalized spacial score (nSPS) is 20.9. The number of hydrogen-bond donors (Lipinski definition) is 2. The Bertz CT molecular complexity index is 390. The van der Waals surface area contributed by atoms with E-state index in [9.17, 15) is 4.79 Å². The minimum Gasteiger partial charge on any atom is -0.366 e. The molecule has 0 bridgehead atoms. The maximum atomic E-state index is 11.9. The summed E-state index contributed by atoms with van der Waals surface area (Å²) < 4.78 is 7.11. The topological polar surface area (TPSA) is 68.2 Å². The molecule has 102 valence electrons. The summed E-state index contributed by atoms with van der Waals surface area (Å²) in [5.74, 6) is -0.0754. The van der Waals surface area contributed by atoms with Crippen LogP contribution in [0, 0.1) is 0 Å². The first kappa shape index (κ1) is 14.9. The molecule has 6 nitrogen and oxygen atoms in total. The summed E-state index contributed by atoms with van der Waals surface area (Å²) in [4.78, 5) is 11.9. The molecule has 0 aliphatic carbocycles. The lowest BCUT2D eigenvalue weighted by Crippen LogP contribution is -2.48. The lowest BCUT2D eigenvalue weighted by molar-refractivity contribution is -0.134. The molecular formula is C11H19ClN4O2. The number of halogens is 1. The van der Waals surface area contributed by atoms with Crippen LogP contribution in [-0.2, 0) is 16.6 Å². The van der Waals surface area contributed by atoms with Crippen LogP contribution in [-0.4, -0.2) is 41.5 Å². The number of nitrogens with zero attached hydrogens (tertiary/aromatic N) is 2. The van der Waals surface area contributed by atoms with E-state index in [0.29, 0.717) is 13.2 Å². The van der Waals surface area contributed by atoms with Crippen molar-refractivity contribution in [3.8, 4) is 0 Å². The van der Waals surface area contributed by atoms with Gasteiger partial charge in [-0.3, -0.25) is 9.48 Å². The van der Waals surface area contributed by atoms with Crippen molar-refractivity contribution >= 4 is 18.3 Å². The monoisotopic (exact) mass is 274 g/mol. The Morgan fingerprint density at radius 2 is 2.50 bits per heavy atom. The van der Waals surface area contributed by atoms with Gasteiger partial charge in [0.15, 0.2) is 0 Å². The van der Waals surface area contributed by atoms with Crippen LogP contribution in [0.25, 0.3) is 0 Å². The van der Waals surface area contributed by atoms with Crippen LogP contribution >= 0.6 is 12.4 Å². The number of aromatic nitrogens is 2. The number of rotatable bonds is 3. The molecule has 18 heavy (non-hydrogen) atoms. The molecule has 7 heteroatoms. The van der Waals surface area contributed by atoms with Gasteiger partial charge in [-0.1, -0.05) is 0 Å². The molecule has 1 amide bonds. The lowest BCUT2D eigenvalue weighted by Gasteiger charge is -2.24. The average Bonchev–Trinajstić information content (AvgIpc) is 2.77. The highest BCUT2D eigenvalue weighted by molar-refractivity contribution is 5.85. The minimum absolute atomic E-state index is 0. The minimum atomic E-state index is -0.386. The Kier molecular flexibility index (Phi) is 5.58. The molecule has 1 saturated heterocycles. The molecule has 0 radical (unpaired) electrons. The molecule has 1 aromatic heterocycles. The summed E-state index contributed by atoms with van der Waals surface area (Å²) in [6, 6.07) is -0.0540. The van der Waals surface area contributed by atoms with E-state index < -0.39 is 0 Å². The quantitative estimate of drug-likeness (QED) is 0.815. The second-order valence-corrected chi connectivity index (χ2v) is 4.24. The molecule has 1 aliphatic rings. The molecule has 1 fully saturated rings. The molecule has 0 aromatic carbocycles. The van der Waals surface area contributed by atoms with Gasteiger partial charge in [-0.15, -0.1) is 12.4 Å². The van der Waals surface area contributed by atoms with Crippen LogP contribution in [0.5, 0.6) is 0 Å². The maximum absolute atomic E-state index is 11.9. The molecule has 1 aromatic rings. The Morgan fingerprint density at radius 3 is 3.06 bits per heavy atom. The van der Waals surface area contributed by atoms with E-state index in [1.54, 1.807) is 10.9 Å². The predicted molar refractivity (Wildman–Crippen MR) is 69.6 cm³/mol.